The van der Waals surface area contributed by atoms with Crippen molar-refractivity contribution in [3.63, 3.8) is 0 Å². The minimum absolute atomic E-state index is 0.0143. The first-order chi connectivity index (χ1) is 13.0. The van der Waals surface area contributed by atoms with Gasteiger partial charge in [-0.2, -0.15) is 4.31 Å². The van der Waals surface area contributed by atoms with Gasteiger partial charge in [0.05, 0.1) is 6.10 Å². The monoisotopic (exact) mass is 397 g/mol. The lowest BCUT2D eigenvalue weighted by atomic mass is 10.2. The van der Waals surface area contributed by atoms with Gasteiger partial charge >= 0.3 is 0 Å². The van der Waals surface area contributed by atoms with Crippen molar-refractivity contribution >= 4 is 15.9 Å². The first-order valence-electron chi connectivity index (χ1n) is 9.56. The molecule has 1 amide bonds. The third-order valence-corrected chi connectivity index (χ3v) is 6.94. The number of ether oxygens (including phenoxy) is 1. The van der Waals surface area contributed by atoms with E-state index >= 15 is 0 Å². The van der Waals surface area contributed by atoms with E-state index in [-0.39, 0.29) is 23.5 Å². The summed E-state index contributed by atoms with van der Waals surface area (Å²) in [5.41, 5.74) is -0.658. The van der Waals surface area contributed by atoms with Gasteiger partial charge < -0.3 is 14.6 Å². The number of pyridine rings is 1. The van der Waals surface area contributed by atoms with Gasteiger partial charge in [-0.15, -0.1) is 0 Å². The zero-order valence-electron chi connectivity index (χ0n) is 15.4. The number of carbonyl (C=O) groups is 1. The van der Waals surface area contributed by atoms with Crippen molar-refractivity contribution in [1.29, 1.82) is 0 Å². The molecule has 0 bridgehead atoms. The average molecular weight is 397 g/mol. The fourth-order valence-electron chi connectivity index (χ4n) is 3.50. The Kier molecular flexibility index (Phi) is 6.67. The van der Waals surface area contributed by atoms with Crippen molar-refractivity contribution in [3.8, 4) is 0 Å². The molecular weight excluding hydrogens is 370 g/mol. The molecule has 0 radical (unpaired) electrons. The molecule has 1 N–H and O–H groups in total. The number of carbonyl (C=O) groups excluding carboxylic acids is 1. The maximum Gasteiger partial charge on any atom is 0.271 e. The molecule has 0 saturated carbocycles. The third kappa shape index (κ3) is 4.97. The second-order valence-electron chi connectivity index (χ2n) is 7.06. The topological polar surface area (TPSA) is 97.7 Å². The van der Waals surface area contributed by atoms with Crippen LogP contribution in [0.5, 0.6) is 0 Å². The minimum Gasteiger partial charge on any atom is -0.376 e. The van der Waals surface area contributed by atoms with Crippen LogP contribution in [-0.4, -0.2) is 55.5 Å². The Hall–Kier alpha value is -1.71. The lowest BCUT2D eigenvalue weighted by molar-refractivity contribution is -0.122. The molecular formula is C18H27N3O5S. The highest BCUT2D eigenvalue weighted by molar-refractivity contribution is 7.89. The molecule has 27 heavy (non-hydrogen) atoms. The van der Waals surface area contributed by atoms with Gasteiger partial charge in [0.1, 0.15) is 11.4 Å². The average Bonchev–Trinajstić information content (AvgIpc) is 3.01. The Bertz CT molecular complexity index is 807. The van der Waals surface area contributed by atoms with E-state index in [1.165, 1.54) is 22.6 Å². The number of nitrogens with one attached hydrogen (secondary N) is 1. The third-order valence-electron chi connectivity index (χ3n) is 5.03. The van der Waals surface area contributed by atoms with Crippen LogP contribution in [0.1, 0.15) is 38.5 Å². The van der Waals surface area contributed by atoms with Crippen LogP contribution in [-0.2, 0) is 26.1 Å². The van der Waals surface area contributed by atoms with Crippen molar-refractivity contribution in [3.05, 3.63) is 28.7 Å². The normalized spacial score (nSPS) is 21.7. The van der Waals surface area contributed by atoms with Gasteiger partial charge in [-0.1, -0.05) is 12.8 Å². The fraction of sp³-hybridized carbons (Fsp3) is 0.667. The van der Waals surface area contributed by atoms with Crippen LogP contribution < -0.4 is 10.9 Å². The lowest BCUT2D eigenvalue weighted by Crippen LogP contribution is -2.39. The van der Waals surface area contributed by atoms with E-state index in [9.17, 15) is 18.0 Å². The zero-order valence-corrected chi connectivity index (χ0v) is 16.2. The summed E-state index contributed by atoms with van der Waals surface area (Å²) < 4.78 is 33.8. The SMILES string of the molecule is O=C(Cn1cccc(S(=O)(=O)N2CCCCCC2)c1=O)NC[C@H]1CCCO1. The number of rotatable bonds is 6. The Morgan fingerprint density at radius 1 is 1.19 bits per heavy atom. The summed E-state index contributed by atoms with van der Waals surface area (Å²) in [6.45, 7) is 1.75. The second-order valence-corrected chi connectivity index (χ2v) is 8.97. The quantitative estimate of drug-likeness (QED) is 0.762. The molecule has 2 aliphatic heterocycles. The molecule has 8 nitrogen and oxygen atoms in total. The highest BCUT2D eigenvalue weighted by Gasteiger charge is 2.28. The molecule has 2 fully saturated rings. The number of nitrogens with zero attached hydrogens (tertiary/aromatic N) is 2. The Labute approximate surface area is 159 Å². The van der Waals surface area contributed by atoms with Crippen LogP contribution in [0.25, 0.3) is 0 Å². The zero-order chi connectivity index (χ0) is 19.3. The van der Waals surface area contributed by atoms with Crippen molar-refractivity contribution in [2.24, 2.45) is 0 Å². The molecule has 3 rings (SSSR count). The van der Waals surface area contributed by atoms with E-state index in [1.807, 2.05) is 0 Å². The highest BCUT2D eigenvalue weighted by Crippen LogP contribution is 2.18. The smallest absolute Gasteiger partial charge is 0.271 e. The predicted octanol–water partition coefficient (Wildman–Crippen LogP) is 0.708. The van der Waals surface area contributed by atoms with Gasteiger partial charge in [-0.25, -0.2) is 8.42 Å². The van der Waals surface area contributed by atoms with Crippen LogP contribution in [0.4, 0.5) is 0 Å². The van der Waals surface area contributed by atoms with E-state index in [1.54, 1.807) is 0 Å². The molecule has 1 aromatic heterocycles. The van der Waals surface area contributed by atoms with Gasteiger partial charge in [-0.3, -0.25) is 9.59 Å². The highest BCUT2D eigenvalue weighted by atomic mass is 32.2. The van der Waals surface area contributed by atoms with Gasteiger partial charge in [0.15, 0.2) is 0 Å². The molecule has 2 saturated heterocycles. The molecule has 0 unspecified atom stereocenters. The van der Waals surface area contributed by atoms with Crippen LogP contribution in [0.3, 0.4) is 0 Å². The summed E-state index contributed by atoms with van der Waals surface area (Å²) in [6, 6.07) is 2.82. The van der Waals surface area contributed by atoms with Gasteiger partial charge in [0.25, 0.3) is 5.56 Å². The second kappa shape index (κ2) is 8.99. The molecule has 2 aliphatic rings. The maximum absolute atomic E-state index is 12.9. The summed E-state index contributed by atoms with van der Waals surface area (Å²) in [7, 11) is -3.85. The van der Waals surface area contributed by atoms with Gasteiger partial charge in [-0.05, 0) is 37.8 Å². The minimum atomic E-state index is -3.85. The van der Waals surface area contributed by atoms with Gasteiger partial charge in [0.2, 0.25) is 15.9 Å². The molecule has 0 aliphatic carbocycles. The first-order valence-corrected chi connectivity index (χ1v) is 11.0. The van der Waals surface area contributed by atoms with E-state index in [2.05, 4.69) is 5.32 Å². The van der Waals surface area contributed by atoms with Crippen molar-refractivity contribution in [2.45, 2.75) is 56.1 Å². The van der Waals surface area contributed by atoms with Crippen LogP contribution >= 0.6 is 0 Å². The lowest BCUT2D eigenvalue weighted by Gasteiger charge is -2.20. The molecule has 1 atom stereocenters. The van der Waals surface area contributed by atoms with Crippen molar-refractivity contribution in [2.75, 3.05) is 26.2 Å². The largest absolute Gasteiger partial charge is 0.376 e. The molecule has 0 spiro atoms. The Morgan fingerprint density at radius 3 is 2.59 bits per heavy atom. The Balaban J connectivity index is 1.71. The first kappa shape index (κ1) is 20.0. The molecule has 3 heterocycles. The van der Waals surface area contributed by atoms with Crippen LogP contribution in [0, 0.1) is 0 Å². The maximum atomic E-state index is 12.9. The van der Waals surface area contributed by atoms with Gasteiger partial charge in [0, 0.05) is 32.4 Å². The summed E-state index contributed by atoms with van der Waals surface area (Å²) in [4.78, 5) is 24.6. The number of sulfonamides is 1. The van der Waals surface area contributed by atoms with E-state index in [4.69, 9.17) is 4.74 Å². The van der Waals surface area contributed by atoms with E-state index < -0.39 is 15.6 Å². The van der Waals surface area contributed by atoms with Crippen molar-refractivity contribution in [1.82, 2.24) is 14.2 Å². The summed E-state index contributed by atoms with van der Waals surface area (Å²) in [5, 5.41) is 2.75. The number of hydrogen-bond donors (Lipinski definition) is 1. The molecule has 0 aromatic carbocycles. The summed E-state index contributed by atoms with van der Waals surface area (Å²) in [6.07, 6.45) is 6.93. The number of amides is 1. The van der Waals surface area contributed by atoms with E-state index in [0.717, 1.165) is 43.1 Å². The van der Waals surface area contributed by atoms with Crippen molar-refractivity contribution < 1.29 is 17.9 Å². The summed E-state index contributed by atoms with van der Waals surface area (Å²) >= 11 is 0. The number of aromatic nitrogens is 1. The number of hydrogen-bond acceptors (Lipinski definition) is 5. The van der Waals surface area contributed by atoms with Crippen LogP contribution in [0.2, 0.25) is 0 Å². The molecule has 150 valence electrons. The fourth-order valence-corrected chi connectivity index (χ4v) is 5.11. The standard InChI is InChI=1S/C18H27N3O5S/c22-17(19-13-15-7-6-12-26-15)14-20-9-5-8-16(18(20)23)27(24,25)21-10-3-1-2-4-11-21/h5,8-9,15H,1-4,6-7,10-14H2,(H,19,22)/t15-/m1/s1. The molecule has 1 aromatic rings. The Morgan fingerprint density at radius 2 is 1.93 bits per heavy atom. The van der Waals surface area contributed by atoms with E-state index in [0.29, 0.717) is 26.2 Å². The van der Waals surface area contributed by atoms with Crippen LogP contribution in [0.15, 0.2) is 28.0 Å². The molecule has 9 heteroatoms. The predicted molar refractivity (Wildman–Crippen MR) is 99.9 cm³/mol. The summed E-state index contributed by atoms with van der Waals surface area (Å²) in [5.74, 6) is -0.336.